The van der Waals surface area contributed by atoms with Gasteiger partial charge in [0.25, 0.3) is 0 Å². The summed E-state index contributed by atoms with van der Waals surface area (Å²) >= 11 is 1.96. The van der Waals surface area contributed by atoms with Crippen LogP contribution in [0.15, 0.2) is 18.2 Å². The third-order valence-corrected chi connectivity index (χ3v) is 1.64. The number of aryl methyl sites for hydroxylation is 1. The van der Waals surface area contributed by atoms with Crippen molar-refractivity contribution in [2.24, 2.45) is 0 Å². The number of halogens is 1. The zero-order valence-electron chi connectivity index (χ0n) is 6.13. The quantitative estimate of drug-likeness (QED) is 0.563. The minimum Gasteiger partial charge on any atom is -0.398 e. The summed E-state index contributed by atoms with van der Waals surface area (Å²) in [4.78, 5) is 4.02. The molecule has 3 heteroatoms. The Kier molecular flexibility index (Phi) is 2.71. The van der Waals surface area contributed by atoms with E-state index < -0.39 is 0 Å². The Morgan fingerprint density at radius 1 is 1.55 bits per heavy atom. The molecule has 0 amide bonds. The van der Waals surface area contributed by atoms with Gasteiger partial charge in [-0.2, -0.15) is 0 Å². The Morgan fingerprint density at radius 2 is 2.27 bits per heavy atom. The van der Waals surface area contributed by atoms with Crippen molar-refractivity contribution in [2.45, 2.75) is 6.92 Å². The van der Waals surface area contributed by atoms with E-state index in [0.29, 0.717) is 0 Å². The Morgan fingerprint density at radius 3 is 2.91 bits per heavy atom. The molecule has 1 aromatic carbocycles. The van der Waals surface area contributed by atoms with Crippen LogP contribution in [0.2, 0.25) is 0 Å². The standard InChI is InChI=1S/C8H8IN2/c1-6-2-3-7(10)4-8(6)11-5-9/h2-4H,10H2,1H3/q+1. The lowest BCUT2D eigenvalue weighted by atomic mass is 10.2. The number of benzene rings is 1. The van der Waals surface area contributed by atoms with Crippen molar-refractivity contribution in [3.8, 4) is 4.08 Å². The van der Waals surface area contributed by atoms with Gasteiger partial charge in [0.05, 0.1) is 6.07 Å². The molecule has 0 aliphatic heterocycles. The van der Waals surface area contributed by atoms with Crippen LogP contribution in [0, 0.1) is 11.0 Å². The smallest absolute Gasteiger partial charge is 0.352 e. The molecule has 0 saturated heterocycles. The van der Waals surface area contributed by atoms with E-state index >= 15 is 0 Å². The zero-order valence-corrected chi connectivity index (χ0v) is 8.29. The maximum atomic E-state index is 5.57. The molecule has 11 heavy (non-hydrogen) atoms. The second-order valence-electron chi connectivity index (χ2n) is 2.24. The summed E-state index contributed by atoms with van der Waals surface area (Å²) in [5.41, 5.74) is 8.31. The molecule has 1 aromatic rings. The summed E-state index contributed by atoms with van der Waals surface area (Å²) < 4.78 is 2.69. The zero-order chi connectivity index (χ0) is 8.27. The highest BCUT2D eigenvalue weighted by atomic mass is 127. The van der Waals surface area contributed by atoms with Crippen molar-refractivity contribution in [3.63, 3.8) is 0 Å². The summed E-state index contributed by atoms with van der Waals surface area (Å²) in [5.74, 6) is 0. The van der Waals surface area contributed by atoms with E-state index in [9.17, 15) is 0 Å². The van der Waals surface area contributed by atoms with Gasteiger partial charge >= 0.3 is 9.76 Å². The summed E-state index contributed by atoms with van der Waals surface area (Å²) in [5, 5.41) is 0. The van der Waals surface area contributed by atoms with E-state index in [4.69, 9.17) is 5.73 Å². The molecular formula is C8H8IN2+. The molecule has 2 nitrogen and oxygen atoms in total. The van der Waals surface area contributed by atoms with Gasteiger partial charge in [0.1, 0.15) is 22.6 Å². The Bertz CT molecular complexity index is 323. The SMILES string of the molecule is Cc1ccc(N)cc1[N+]#CI. The fourth-order valence-electron chi connectivity index (χ4n) is 0.792. The summed E-state index contributed by atoms with van der Waals surface area (Å²) in [7, 11) is 0. The third kappa shape index (κ3) is 2.09. The third-order valence-electron chi connectivity index (χ3n) is 1.40. The molecule has 2 N–H and O–H groups in total. The first kappa shape index (κ1) is 8.34. The van der Waals surface area contributed by atoms with Gasteiger partial charge in [-0.05, 0) is 23.9 Å². The Hall–Kier alpha value is -0.760. The first-order valence-electron chi connectivity index (χ1n) is 3.16. The van der Waals surface area contributed by atoms with Crippen LogP contribution in [0.3, 0.4) is 0 Å². The van der Waals surface area contributed by atoms with Gasteiger partial charge in [0.15, 0.2) is 0 Å². The van der Waals surface area contributed by atoms with Crippen LogP contribution in [-0.2, 0) is 0 Å². The predicted molar refractivity (Wildman–Crippen MR) is 56.5 cm³/mol. The molecular weight excluding hydrogens is 251 g/mol. The van der Waals surface area contributed by atoms with Crippen LogP contribution in [0.1, 0.15) is 5.56 Å². The fraction of sp³-hybridized carbons (Fsp3) is 0.125. The second-order valence-corrected chi connectivity index (χ2v) is 2.72. The largest absolute Gasteiger partial charge is 0.398 e. The van der Waals surface area contributed by atoms with E-state index in [1.54, 1.807) is 0 Å². The van der Waals surface area contributed by atoms with Crippen LogP contribution in [0.25, 0.3) is 4.85 Å². The molecule has 0 unspecified atom stereocenters. The van der Waals surface area contributed by atoms with Crippen molar-refractivity contribution in [3.05, 3.63) is 28.6 Å². The molecule has 0 aromatic heterocycles. The average Bonchev–Trinajstić information content (AvgIpc) is 1.98. The van der Waals surface area contributed by atoms with Crippen LogP contribution < -0.4 is 5.73 Å². The van der Waals surface area contributed by atoms with E-state index in [-0.39, 0.29) is 0 Å². The highest BCUT2D eigenvalue weighted by Gasteiger charge is 2.05. The van der Waals surface area contributed by atoms with Crippen molar-refractivity contribution in [1.82, 2.24) is 0 Å². The molecule has 0 spiro atoms. The van der Waals surface area contributed by atoms with Gasteiger partial charge in [-0.25, -0.2) is 0 Å². The maximum Gasteiger partial charge on any atom is 0.352 e. The molecule has 0 aliphatic carbocycles. The lowest BCUT2D eigenvalue weighted by Crippen LogP contribution is -1.83. The van der Waals surface area contributed by atoms with E-state index in [1.807, 2.05) is 47.7 Å². The number of hydrogen-bond acceptors (Lipinski definition) is 1. The number of hydrogen-bond donors (Lipinski definition) is 1. The molecule has 0 bridgehead atoms. The number of anilines is 1. The summed E-state index contributed by atoms with van der Waals surface area (Å²) in [6, 6.07) is 5.64. The Labute approximate surface area is 79.4 Å². The normalized spacial score (nSPS) is 8.55. The molecule has 0 fully saturated rings. The molecule has 0 atom stereocenters. The topological polar surface area (TPSA) is 30.4 Å². The second kappa shape index (κ2) is 3.58. The lowest BCUT2D eigenvalue weighted by Gasteiger charge is -1.89. The highest BCUT2D eigenvalue weighted by Crippen LogP contribution is 2.21. The van der Waals surface area contributed by atoms with Crippen molar-refractivity contribution >= 4 is 34.0 Å². The number of nitrogen functional groups attached to an aromatic ring is 1. The number of nitrogens with two attached hydrogens (primary N) is 1. The minimum absolute atomic E-state index is 0.737. The molecule has 0 aliphatic rings. The van der Waals surface area contributed by atoms with Gasteiger partial charge < -0.3 is 5.73 Å². The first-order chi connectivity index (χ1) is 5.24. The molecule has 56 valence electrons. The number of rotatable bonds is 0. The van der Waals surface area contributed by atoms with E-state index in [0.717, 1.165) is 16.9 Å². The Balaban J connectivity index is 3.19. The molecule has 0 heterocycles. The average molecular weight is 259 g/mol. The lowest BCUT2D eigenvalue weighted by molar-refractivity contribution is 1.49. The van der Waals surface area contributed by atoms with Crippen LogP contribution in [0.4, 0.5) is 11.4 Å². The summed E-state index contributed by atoms with van der Waals surface area (Å²) in [6.45, 7) is 1.99. The monoisotopic (exact) mass is 259 g/mol. The van der Waals surface area contributed by atoms with Crippen molar-refractivity contribution in [1.29, 1.82) is 0 Å². The predicted octanol–water partition coefficient (Wildman–Crippen LogP) is 2.93. The number of nitrogens with zero attached hydrogens (tertiary/aromatic N) is 1. The van der Waals surface area contributed by atoms with Crippen LogP contribution in [-0.4, -0.2) is 0 Å². The van der Waals surface area contributed by atoms with E-state index in [1.165, 1.54) is 0 Å². The van der Waals surface area contributed by atoms with Gasteiger partial charge in [0, 0.05) is 11.3 Å². The van der Waals surface area contributed by atoms with Gasteiger partial charge in [-0.3, -0.25) is 0 Å². The van der Waals surface area contributed by atoms with Gasteiger partial charge in [0.2, 0.25) is 0 Å². The van der Waals surface area contributed by atoms with Crippen molar-refractivity contribution < 1.29 is 0 Å². The first-order valence-corrected chi connectivity index (χ1v) is 4.24. The van der Waals surface area contributed by atoms with Gasteiger partial charge in [-0.15, -0.1) is 0 Å². The maximum absolute atomic E-state index is 5.57. The highest BCUT2D eigenvalue weighted by molar-refractivity contribution is 14.1. The van der Waals surface area contributed by atoms with Gasteiger partial charge in [-0.1, -0.05) is 0 Å². The fourth-order valence-corrected chi connectivity index (χ4v) is 1.05. The van der Waals surface area contributed by atoms with Crippen LogP contribution >= 0.6 is 22.6 Å². The molecule has 0 saturated carbocycles. The summed E-state index contributed by atoms with van der Waals surface area (Å²) in [6.07, 6.45) is 0. The van der Waals surface area contributed by atoms with Crippen LogP contribution in [0.5, 0.6) is 0 Å². The van der Waals surface area contributed by atoms with Crippen molar-refractivity contribution in [2.75, 3.05) is 5.73 Å². The van der Waals surface area contributed by atoms with E-state index in [2.05, 4.69) is 8.92 Å². The minimum atomic E-state index is 0.737. The molecule has 1 rings (SSSR count). The molecule has 0 radical (unpaired) electrons.